The predicted octanol–water partition coefficient (Wildman–Crippen LogP) is 3.57. The van der Waals surface area contributed by atoms with Gasteiger partial charge in [-0.1, -0.05) is 6.92 Å². The molecular weight excluding hydrogens is 388 g/mol. The molecule has 0 saturated heterocycles. The summed E-state index contributed by atoms with van der Waals surface area (Å²) < 4.78 is 80.3. The third kappa shape index (κ3) is 4.83. The summed E-state index contributed by atoms with van der Waals surface area (Å²) >= 11 is 0. The zero-order valence-corrected chi connectivity index (χ0v) is 15.1. The molecular formula is C17H16F4N2O3S. The average molecular weight is 404 g/mol. The van der Waals surface area contributed by atoms with E-state index < -0.39 is 50.5 Å². The zero-order valence-electron chi connectivity index (χ0n) is 14.3. The molecule has 0 saturated carbocycles. The van der Waals surface area contributed by atoms with Crippen LogP contribution in [0.15, 0.2) is 35.2 Å². The molecule has 1 atom stereocenters. The van der Waals surface area contributed by atoms with Crippen molar-refractivity contribution in [2.75, 3.05) is 5.32 Å². The number of carbonyl (C=O) groups excluding carboxylic acids is 1. The lowest BCUT2D eigenvalue weighted by Crippen LogP contribution is -2.32. The first-order chi connectivity index (χ1) is 12.5. The van der Waals surface area contributed by atoms with Gasteiger partial charge in [-0.05, 0) is 31.5 Å². The SMILES string of the molecule is CC[C@@H](C)NS(=O)(=O)c1ccc(F)c(C(=O)Nc2cc(F)c(F)c(F)c2)c1. The molecule has 0 bridgehead atoms. The van der Waals surface area contributed by atoms with Crippen molar-refractivity contribution in [3.05, 3.63) is 59.2 Å². The Bertz CT molecular complexity index is 957. The van der Waals surface area contributed by atoms with E-state index in [9.17, 15) is 30.8 Å². The van der Waals surface area contributed by atoms with Gasteiger partial charge in [0.05, 0.1) is 10.5 Å². The molecule has 5 nitrogen and oxygen atoms in total. The number of nitrogens with one attached hydrogen (secondary N) is 2. The second kappa shape index (κ2) is 8.05. The second-order valence-corrected chi connectivity index (χ2v) is 7.49. The topological polar surface area (TPSA) is 75.3 Å². The van der Waals surface area contributed by atoms with Gasteiger partial charge in [-0.25, -0.2) is 30.7 Å². The standard InChI is InChI=1S/C17H16F4N2O3S/c1-3-9(2)23-27(25,26)11-4-5-13(18)12(8-11)17(24)22-10-6-14(19)16(21)15(20)7-10/h4-9,23H,3H2,1-2H3,(H,22,24)/t9-/m1/s1. The third-order valence-corrected chi connectivity index (χ3v) is 5.29. The number of anilines is 1. The Labute approximate surface area is 153 Å². The smallest absolute Gasteiger partial charge is 0.258 e. The van der Waals surface area contributed by atoms with Crippen LogP contribution in [0.4, 0.5) is 23.2 Å². The highest BCUT2D eigenvalue weighted by molar-refractivity contribution is 7.89. The maximum absolute atomic E-state index is 14.0. The molecule has 0 fully saturated rings. The molecule has 2 N–H and O–H groups in total. The quantitative estimate of drug-likeness (QED) is 0.571. The predicted molar refractivity (Wildman–Crippen MR) is 90.7 cm³/mol. The maximum atomic E-state index is 14.0. The van der Waals surface area contributed by atoms with E-state index in [1.165, 1.54) is 0 Å². The number of hydrogen-bond donors (Lipinski definition) is 2. The van der Waals surface area contributed by atoms with Crippen molar-refractivity contribution in [1.29, 1.82) is 0 Å². The minimum absolute atomic E-state index is 0.356. The molecule has 146 valence electrons. The van der Waals surface area contributed by atoms with Crippen LogP contribution in [-0.2, 0) is 10.0 Å². The number of hydrogen-bond acceptors (Lipinski definition) is 3. The van der Waals surface area contributed by atoms with Gasteiger partial charge in [0.25, 0.3) is 5.91 Å². The maximum Gasteiger partial charge on any atom is 0.258 e. The molecule has 2 aromatic rings. The van der Waals surface area contributed by atoms with Crippen molar-refractivity contribution >= 4 is 21.6 Å². The molecule has 1 amide bonds. The average Bonchev–Trinajstić information content (AvgIpc) is 2.59. The Balaban J connectivity index is 2.34. The molecule has 10 heteroatoms. The summed E-state index contributed by atoms with van der Waals surface area (Å²) in [7, 11) is -4.00. The number of benzene rings is 2. The van der Waals surface area contributed by atoms with E-state index in [1.807, 2.05) is 5.32 Å². The summed E-state index contributed by atoms with van der Waals surface area (Å²) in [5.41, 5.74) is -1.12. The highest BCUT2D eigenvalue weighted by Gasteiger charge is 2.21. The minimum atomic E-state index is -4.00. The Hall–Kier alpha value is -2.46. The van der Waals surface area contributed by atoms with E-state index in [1.54, 1.807) is 13.8 Å². The van der Waals surface area contributed by atoms with E-state index in [-0.39, 0.29) is 10.9 Å². The highest BCUT2D eigenvalue weighted by Crippen LogP contribution is 2.20. The first-order valence-corrected chi connectivity index (χ1v) is 9.31. The second-order valence-electron chi connectivity index (χ2n) is 5.78. The molecule has 0 aliphatic carbocycles. The Kier molecular flexibility index (Phi) is 6.22. The minimum Gasteiger partial charge on any atom is -0.322 e. The molecule has 0 aromatic heterocycles. The first-order valence-electron chi connectivity index (χ1n) is 7.83. The number of rotatable bonds is 6. The largest absolute Gasteiger partial charge is 0.322 e. The summed E-state index contributed by atoms with van der Waals surface area (Å²) in [5.74, 6) is -7.00. The zero-order chi connectivity index (χ0) is 20.4. The summed E-state index contributed by atoms with van der Waals surface area (Å²) in [6, 6.07) is 3.20. The van der Waals surface area contributed by atoms with Gasteiger partial charge in [0, 0.05) is 23.9 Å². The molecule has 0 aliphatic heterocycles. The number of amides is 1. The van der Waals surface area contributed by atoms with Gasteiger partial charge < -0.3 is 5.32 Å². The van der Waals surface area contributed by atoms with Gasteiger partial charge in [0.15, 0.2) is 17.5 Å². The Morgan fingerprint density at radius 3 is 2.19 bits per heavy atom. The van der Waals surface area contributed by atoms with E-state index in [0.717, 1.165) is 18.2 Å². The molecule has 0 heterocycles. The Morgan fingerprint density at radius 2 is 1.63 bits per heavy atom. The lowest BCUT2D eigenvalue weighted by atomic mass is 10.2. The monoisotopic (exact) mass is 404 g/mol. The first kappa shape index (κ1) is 20.8. The van der Waals surface area contributed by atoms with Crippen molar-refractivity contribution in [2.24, 2.45) is 0 Å². The van der Waals surface area contributed by atoms with Gasteiger partial charge in [-0.3, -0.25) is 4.79 Å². The van der Waals surface area contributed by atoms with Crippen LogP contribution in [0.3, 0.4) is 0 Å². The van der Waals surface area contributed by atoms with Crippen LogP contribution in [0.25, 0.3) is 0 Å². The normalized spacial score (nSPS) is 12.7. The third-order valence-electron chi connectivity index (χ3n) is 3.70. The van der Waals surface area contributed by atoms with E-state index in [4.69, 9.17) is 0 Å². The fraction of sp³-hybridized carbons (Fsp3) is 0.235. The summed E-state index contributed by atoms with van der Waals surface area (Å²) in [4.78, 5) is 11.8. The molecule has 27 heavy (non-hydrogen) atoms. The van der Waals surface area contributed by atoms with Crippen molar-refractivity contribution in [3.8, 4) is 0 Å². The number of carbonyl (C=O) groups is 1. The van der Waals surface area contributed by atoms with E-state index >= 15 is 0 Å². The Morgan fingerprint density at radius 1 is 1.04 bits per heavy atom. The summed E-state index contributed by atoms with van der Waals surface area (Å²) in [5, 5.41) is 2.00. The van der Waals surface area contributed by atoms with Crippen LogP contribution >= 0.6 is 0 Å². The van der Waals surface area contributed by atoms with Crippen LogP contribution in [-0.4, -0.2) is 20.4 Å². The van der Waals surface area contributed by atoms with E-state index in [0.29, 0.717) is 18.6 Å². The van der Waals surface area contributed by atoms with Crippen molar-refractivity contribution in [1.82, 2.24) is 4.72 Å². The van der Waals surface area contributed by atoms with E-state index in [2.05, 4.69) is 4.72 Å². The fourth-order valence-corrected chi connectivity index (χ4v) is 3.44. The van der Waals surface area contributed by atoms with Gasteiger partial charge in [-0.2, -0.15) is 0 Å². The van der Waals surface area contributed by atoms with Crippen LogP contribution < -0.4 is 10.0 Å². The van der Waals surface area contributed by atoms with Crippen LogP contribution in [0.2, 0.25) is 0 Å². The van der Waals surface area contributed by atoms with Gasteiger partial charge in [0.2, 0.25) is 10.0 Å². The molecule has 0 spiro atoms. The summed E-state index contributed by atoms with van der Waals surface area (Å²) in [6.07, 6.45) is 0.509. The van der Waals surface area contributed by atoms with Crippen molar-refractivity contribution in [3.63, 3.8) is 0 Å². The number of halogens is 4. The molecule has 2 rings (SSSR count). The fourth-order valence-electron chi connectivity index (χ4n) is 2.09. The van der Waals surface area contributed by atoms with Crippen LogP contribution in [0.5, 0.6) is 0 Å². The lowest BCUT2D eigenvalue weighted by molar-refractivity contribution is 0.102. The van der Waals surface area contributed by atoms with Crippen LogP contribution in [0, 0.1) is 23.3 Å². The number of sulfonamides is 1. The molecule has 0 aliphatic rings. The lowest BCUT2D eigenvalue weighted by Gasteiger charge is -2.13. The van der Waals surface area contributed by atoms with Gasteiger partial charge in [0.1, 0.15) is 5.82 Å². The molecule has 0 unspecified atom stereocenters. The molecule has 2 aromatic carbocycles. The highest BCUT2D eigenvalue weighted by atomic mass is 32.2. The van der Waals surface area contributed by atoms with Gasteiger partial charge >= 0.3 is 0 Å². The van der Waals surface area contributed by atoms with Crippen LogP contribution in [0.1, 0.15) is 30.6 Å². The van der Waals surface area contributed by atoms with Crippen molar-refractivity contribution in [2.45, 2.75) is 31.2 Å². The van der Waals surface area contributed by atoms with Crippen molar-refractivity contribution < 1.29 is 30.8 Å². The van der Waals surface area contributed by atoms with Gasteiger partial charge in [-0.15, -0.1) is 0 Å². The summed E-state index contributed by atoms with van der Waals surface area (Å²) in [6.45, 7) is 3.39. The molecule has 0 radical (unpaired) electrons.